The summed E-state index contributed by atoms with van der Waals surface area (Å²) in [6, 6.07) is 13.0. The largest absolute Gasteiger partial charge is 0.371 e. The number of nitrogens with zero attached hydrogens (tertiary/aromatic N) is 1. The van der Waals surface area contributed by atoms with Crippen molar-refractivity contribution in [1.29, 1.82) is 0 Å². The van der Waals surface area contributed by atoms with E-state index in [2.05, 4.69) is 27.7 Å². The molecule has 1 saturated heterocycles. The Kier molecular flexibility index (Phi) is 7.87. The predicted molar refractivity (Wildman–Crippen MR) is 109 cm³/mol. The number of ether oxygens (including phenoxy) is 1. The lowest BCUT2D eigenvalue weighted by Crippen LogP contribution is -2.39. The van der Waals surface area contributed by atoms with Crippen LogP contribution in [-0.2, 0) is 14.3 Å². The van der Waals surface area contributed by atoms with E-state index in [0.29, 0.717) is 13.2 Å². The van der Waals surface area contributed by atoms with Gasteiger partial charge in [-0.25, -0.2) is 8.78 Å². The minimum absolute atomic E-state index is 0.0225. The summed E-state index contributed by atoms with van der Waals surface area (Å²) < 4.78 is 31.9. The highest BCUT2D eigenvalue weighted by Crippen LogP contribution is 2.22. The number of carbonyl (C=O) groups is 2. The van der Waals surface area contributed by atoms with Gasteiger partial charge in [-0.2, -0.15) is 0 Å². The summed E-state index contributed by atoms with van der Waals surface area (Å²) in [6.07, 6.45) is 1.66. The van der Waals surface area contributed by atoms with Crippen molar-refractivity contribution in [2.45, 2.75) is 18.9 Å². The number of hydrogen-bond donors (Lipinski definition) is 2. The number of nitrogens with one attached hydrogen (secondary N) is 2. The third-order valence-corrected chi connectivity index (χ3v) is 4.89. The second-order valence-corrected chi connectivity index (χ2v) is 7.12. The molecule has 2 aromatic rings. The fourth-order valence-corrected chi connectivity index (χ4v) is 3.28. The van der Waals surface area contributed by atoms with Crippen molar-refractivity contribution in [3.8, 4) is 0 Å². The van der Waals surface area contributed by atoms with Crippen molar-refractivity contribution >= 4 is 17.5 Å². The van der Waals surface area contributed by atoms with E-state index in [1.807, 2.05) is 18.2 Å². The van der Waals surface area contributed by atoms with E-state index < -0.39 is 23.4 Å². The molecule has 1 heterocycles. The van der Waals surface area contributed by atoms with Crippen LogP contribution in [0.25, 0.3) is 0 Å². The highest BCUT2D eigenvalue weighted by atomic mass is 19.2. The van der Waals surface area contributed by atoms with E-state index in [1.54, 1.807) is 0 Å². The van der Waals surface area contributed by atoms with Gasteiger partial charge in [0.1, 0.15) is 0 Å². The Morgan fingerprint density at radius 1 is 1.03 bits per heavy atom. The van der Waals surface area contributed by atoms with E-state index >= 15 is 0 Å². The maximum Gasteiger partial charge on any atom is 0.313 e. The first-order chi connectivity index (χ1) is 14.5. The van der Waals surface area contributed by atoms with Crippen LogP contribution in [0.15, 0.2) is 48.5 Å². The maximum atomic E-state index is 13.2. The molecule has 30 heavy (non-hydrogen) atoms. The molecule has 2 amide bonds. The first-order valence-corrected chi connectivity index (χ1v) is 9.96. The van der Waals surface area contributed by atoms with Crippen LogP contribution in [0, 0.1) is 11.6 Å². The first kappa shape index (κ1) is 21.9. The molecule has 1 unspecified atom stereocenters. The zero-order valence-electron chi connectivity index (χ0n) is 16.6. The normalized spacial score (nSPS) is 16.8. The first-order valence-electron chi connectivity index (χ1n) is 9.96. The third-order valence-electron chi connectivity index (χ3n) is 4.89. The summed E-state index contributed by atoms with van der Waals surface area (Å²) in [5.41, 5.74) is 1.19. The smallest absolute Gasteiger partial charge is 0.313 e. The average Bonchev–Trinajstić information content (AvgIpc) is 2.76. The standard InChI is InChI=1S/C22H25F2N3O3/c23-18-9-8-17(14-19(18)24)26-22(29)21(28)25-10-4-5-11-27-12-13-30-20(15-27)16-6-2-1-3-7-16/h1-3,6-9,14,20H,4-5,10-13,15H2,(H,25,28)(H,26,29). The molecular formula is C22H25F2N3O3. The molecule has 1 atom stereocenters. The number of amides is 2. The van der Waals surface area contributed by atoms with E-state index in [4.69, 9.17) is 4.74 Å². The van der Waals surface area contributed by atoms with Crippen LogP contribution >= 0.6 is 0 Å². The second kappa shape index (κ2) is 10.8. The number of benzene rings is 2. The van der Waals surface area contributed by atoms with Gasteiger partial charge in [0.25, 0.3) is 0 Å². The van der Waals surface area contributed by atoms with Gasteiger partial charge in [-0.05, 0) is 37.1 Å². The topological polar surface area (TPSA) is 70.7 Å². The lowest BCUT2D eigenvalue weighted by Gasteiger charge is -2.33. The van der Waals surface area contributed by atoms with Gasteiger partial charge >= 0.3 is 11.8 Å². The number of unbranched alkanes of at least 4 members (excludes halogenated alkanes) is 1. The molecule has 2 N–H and O–H groups in total. The summed E-state index contributed by atoms with van der Waals surface area (Å²) in [7, 11) is 0. The molecule has 0 spiro atoms. The minimum Gasteiger partial charge on any atom is -0.371 e. The SMILES string of the molecule is O=C(NCCCCN1CCOC(c2ccccc2)C1)C(=O)Nc1ccc(F)c(F)c1. The van der Waals surface area contributed by atoms with Crippen molar-refractivity contribution in [1.82, 2.24) is 10.2 Å². The number of anilines is 1. The van der Waals surface area contributed by atoms with Gasteiger partial charge in [0.2, 0.25) is 0 Å². The Morgan fingerprint density at radius 2 is 1.83 bits per heavy atom. The Labute approximate surface area is 174 Å². The van der Waals surface area contributed by atoms with E-state index in [1.165, 1.54) is 11.6 Å². The van der Waals surface area contributed by atoms with Crippen molar-refractivity contribution in [2.24, 2.45) is 0 Å². The molecule has 8 heteroatoms. The van der Waals surface area contributed by atoms with Crippen LogP contribution < -0.4 is 10.6 Å². The second-order valence-electron chi connectivity index (χ2n) is 7.12. The van der Waals surface area contributed by atoms with E-state index in [-0.39, 0.29) is 11.8 Å². The lowest BCUT2D eigenvalue weighted by atomic mass is 10.1. The zero-order valence-corrected chi connectivity index (χ0v) is 16.6. The summed E-state index contributed by atoms with van der Waals surface area (Å²) in [4.78, 5) is 26.0. The number of hydrogen-bond acceptors (Lipinski definition) is 4. The Bertz CT molecular complexity index is 864. The molecule has 1 aliphatic rings. The van der Waals surface area contributed by atoms with Gasteiger partial charge in [0.15, 0.2) is 11.6 Å². The monoisotopic (exact) mass is 417 g/mol. The van der Waals surface area contributed by atoms with E-state index in [0.717, 1.165) is 44.6 Å². The molecule has 160 valence electrons. The quantitative estimate of drug-likeness (QED) is 0.537. The maximum absolute atomic E-state index is 13.2. The predicted octanol–water partition coefficient (Wildman–Crippen LogP) is 2.87. The average molecular weight is 417 g/mol. The van der Waals surface area contributed by atoms with Gasteiger partial charge in [0.05, 0.1) is 12.7 Å². The van der Waals surface area contributed by atoms with Gasteiger partial charge in [-0.3, -0.25) is 14.5 Å². The van der Waals surface area contributed by atoms with Gasteiger partial charge in [0, 0.05) is 31.4 Å². The van der Waals surface area contributed by atoms with Crippen molar-refractivity contribution in [3.63, 3.8) is 0 Å². The number of carbonyl (C=O) groups excluding carboxylic acids is 2. The highest BCUT2D eigenvalue weighted by Gasteiger charge is 2.21. The van der Waals surface area contributed by atoms with Crippen molar-refractivity contribution in [3.05, 3.63) is 65.7 Å². The summed E-state index contributed by atoms with van der Waals surface area (Å²) >= 11 is 0. The molecule has 6 nitrogen and oxygen atoms in total. The van der Waals surface area contributed by atoms with E-state index in [9.17, 15) is 18.4 Å². The number of morpholine rings is 1. The molecular weight excluding hydrogens is 392 g/mol. The number of rotatable bonds is 7. The fraction of sp³-hybridized carbons (Fsp3) is 0.364. The van der Waals surface area contributed by atoms with Crippen LogP contribution in [0.5, 0.6) is 0 Å². The van der Waals surface area contributed by atoms with Crippen molar-refractivity contribution in [2.75, 3.05) is 38.1 Å². The third kappa shape index (κ3) is 6.33. The molecule has 0 radical (unpaired) electrons. The molecule has 3 rings (SSSR count). The molecule has 0 bridgehead atoms. The molecule has 1 aliphatic heterocycles. The molecule has 0 saturated carbocycles. The van der Waals surface area contributed by atoms with Gasteiger partial charge in [-0.1, -0.05) is 30.3 Å². The van der Waals surface area contributed by atoms with Gasteiger partial charge < -0.3 is 15.4 Å². The highest BCUT2D eigenvalue weighted by molar-refractivity contribution is 6.39. The van der Waals surface area contributed by atoms with Gasteiger partial charge in [-0.15, -0.1) is 0 Å². The summed E-state index contributed by atoms with van der Waals surface area (Å²) in [5, 5.41) is 4.78. The fourth-order valence-electron chi connectivity index (χ4n) is 3.28. The van der Waals surface area contributed by atoms with Crippen LogP contribution in [0.1, 0.15) is 24.5 Å². The Hall–Kier alpha value is -2.84. The molecule has 0 aromatic heterocycles. The minimum atomic E-state index is -1.09. The summed E-state index contributed by atoms with van der Waals surface area (Å²) in [5.74, 6) is -3.84. The van der Waals surface area contributed by atoms with Crippen molar-refractivity contribution < 1.29 is 23.1 Å². The zero-order chi connectivity index (χ0) is 21.3. The Morgan fingerprint density at radius 3 is 2.60 bits per heavy atom. The molecule has 1 fully saturated rings. The lowest BCUT2D eigenvalue weighted by molar-refractivity contribution is -0.136. The molecule has 2 aromatic carbocycles. The van der Waals surface area contributed by atoms with Crippen LogP contribution in [0.4, 0.5) is 14.5 Å². The van der Waals surface area contributed by atoms with Crippen LogP contribution in [0.2, 0.25) is 0 Å². The van der Waals surface area contributed by atoms with Crippen LogP contribution in [-0.4, -0.2) is 49.5 Å². The Balaban J connectivity index is 1.33. The number of halogens is 2. The van der Waals surface area contributed by atoms with Crippen LogP contribution in [0.3, 0.4) is 0 Å². The molecule has 0 aliphatic carbocycles. The summed E-state index contributed by atoms with van der Waals surface area (Å²) in [6.45, 7) is 3.61.